The van der Waals surface area contributed by atoms with Gasteiger partial charge in [0.05, 0.1) is 12.7 Å². The third-order valence-corrected chi connectivity index (χ3v) is 6.46. The molecule has 3 atom stereocenters. The number of carbonyl (C=O) groups excluding carboxylic acids is 1. The van der Waals surface area contributed by atoms with E-state index in [0.717, 1.165) is 45.2 Å². The minimum absolute atomic E-state index is 0.224. The number of allylic oxidation sites excluding steroid dienone is 1. The summed E-state index contributed by atoms with van der Waals surface area (Å²) in [5.74, 6) is -0.224. The van der Waals surface area contributed by atoms with Gasteiger partial charge >= 0.3 is 5.97 Å². The van der Waals surface area contributed by atoms with Gasteiger partial charge in [-0.3, -0.25) is 4.79 Å². The summed E-state index contributed by atoms with van der Waals surface area (Å²) in [6.07, 6.45) is 6.67. The monoisotopic (exact) mass is 371 g/mol. The van der Waals surface area contributed by atoms with Crippen LogP contribution in [0.4, 0.5) is 0 Å². The molecule has 1 aliphatic heterocycles. The van der Waals surface area contributed by atoms with Gasteiger partial charge in [-0.25, -0.2) is 0 Å². The minimum atomic E-state index is -0.789. The van der Waals surface area contributed by atoms with Crippen molar-refractivity contribution in [3.63, 3.8) is 0 Å². The van der Waals surface area contributed by atoms with E-state index in [4.69, 9.17) is 4.74 Å². The Bertz CT molecular complexity index is 646. The van der Waals surface area contributed by atoms with Crippen LogP contribution in [0.5, 0.6) is 0 Å². The average Bonchev–Trinajstić information content (AvgIpc) is 2.65. The third-order valence-electron chi connectivity index (χ3n) is 6.46. The molecule has 4 nitrogen and oxygen atoms in total. The number of aliphatic hydroxyl groups is 1. The number of ether oxygens (including phenoxy) is 1. The average molecular weight is 372 g/mol. The van der Waals surface area contributed by atoms with Crippen molar-refractivity contribution in [2.45, 2.75) is 51.6 Å². The lowest BCUT2D eigenvalue weighted by molar-refractivity contribution is -0.200. The van der Waals surface area contributed by atoms with Crippen molar-refractivity contribution in [3.8, 4) is 0 Å². The van der Waals surface area contributed by atoms with Crippen molar-refractivity contribution in [3.05, 3.63) is 48.6 Å². The molecule has 1 saturated carbocycles. The van der Waals surface area contributed by atoms with Crippen molar-refractivity contribution in [2.75, 3.05) is 26.2 Å². The van der Waals surface area contributed by atoms with Crippen molar-refractivity contribution in [1.82, 2.24) is 4.90 Å². The maximum Gasteiger partial charge on any atom is 0.316 e. The predicted molar refractivity (Wildman–Crippen MR) is 107 cm³/mol. The summed E-state index contributed by atoms with van der Waals surface area (Å²) in [4.78, 5) is 15.3. The number of aliphatic hydroxyl groups excluding tert-OH is 1. The van der Waals surface area contributed by atoms with Crippen LogP contribution in [0.3, 0.4) is 0 Å². The molecule has 1 aromatic carbocycles. The maximum absolute atomic E-state index is 12.9. The molecule has 1 saturated heterocycles. The zero-order chi connectivity index (χ0) is 19.3. The zero-order valence-corrected chi connectivity index (χ0v) is 16.5. The van der Waals surface area contributed by atoms with Gasteiger partial charge in [-0.1, -0.05) is 42.8 Å². The number of hydrogen-bond acceptors (Lipinski definition) is 4. The molecule has 0 radical (unpaired) electrons. The largest absolute Gasteiger partial charge is 0.465 e. The van der Waals surface area contributed by atoms with E-state index in [0.29, 0.717) is 19.6 Å². The molecule has 1 aliphatic carbocycles. The molecule has 4 heteroatoms. The van der Waals surface area contributed by atoms with E-state index < -0.39 is 11.5 Å². The van der Waals surface area contributed by atoms with Crippen molar-refractivity contribution in [2.24, 2.45) is 10.8 Å². The number of carbonyl (C=O) groups is 1. The Kier molecular flexibility index (Phi) is 6.38. The van der Waals surface area contributed by atoms with Crippen molar-refractivity contribution >= 4 is 5.97 Å². The van der Waals surface area contributed by atoms with Crippen LogP contribution in [-0.2, 0) is 16.0 Å². The summed E-state index contributed by atoms with van der Waals surface area (Å²) in [5, 5.41) is 11.3. The molecule has 1 aromatic rings. The van der Waals surface area contributed by atoms with Gasteiger partial charge in [-0.05, 0) is 51.1 Å². The van der Waals surface area contributed by atoms with Crippen molar-refractivity contribution in [1.29, 1.82) is 0 Å². The van der Waals surface area contributed by atoms with Gasteiger partial charge in [0.2, 0.25) is 0 Å². The predicted octanol–water partition coefficient (Wildman–Crippen LogP) is 3.59. The number of fused-ring (bicyclic) bond motifs is 2. The maximum atomic E-state index is 12.9. The van der Waals surface area contributed by atoms with Gasteiger partial charge < -0.3 is 14.7 Å². The molecule has 0 unspecified atom stereocenters. The molecule has 2 bridgehead atoms. The lowest BCUT2D eigenvalue weighted by Gasteiger charge is -2.58. The highest BCUT2D eigenvalue weighted by Gasteiger charge is 2.61. The van der Waals surface area contributed by atoms with E-state index in [1.807, 2.05) is 19.1 Å². The molecule has 2 aliphatic rings. The molecule has 0 aromatic heterocycles. The molecular formula is C23H33NO3. The van der Waals surface area contributed by atoms with E-state index >= 15 is 0 Å². The van der Waals surface area contributed by atoms with Gasteiger partial charge in [0.15, 0.2) is 0 Å². The third kappa shape index (κ3) is 3.97. The Morgan fingerprint density at radius 3 is 2.81 bits per heavy atom. The first-order valence-corrected chi connectivity index (χ1v) is 10.3. The quantitative estimate of drug-likeness (QED) is 0.560. The smallest absolute Gasteiger partial charge is 0.316 e. The highest BCUT2D eigenvalue weighted by molar-refractivity contribution is 5.78. The van der Waals surface area contributed by atoms with Crippen LogP contribution < -0.4 is 0 Å². The summed E-state index contributed by atoms with van der Waals surface area (Å²) in [7, 11) is 0. The first kappa shape index (κ1) is 20.1. The summed E-state index contributed by atoms with van der Waals surface area (Å²) < 4.78 is 5.42. The van der Waals surface area contributed by atoms with Crippen LogP contribution in [0.2, 0.25) is 0 Å². The molecule has 148 valence electrons. The fourth-order valence-electron chi connectivity index (χ4n) is 5.28. The lowest BCUT2D eigenvalue weighted by Crippen LogP contribution is -2.67. The number of piperidine rings is 1. The first-order chi connectivity index (χ1) is 13.1. The van der Waals surface area contributed by atoms with E-state index in [1.165, 1.54) is 5.56 Å². The van der Waals surface area contributed by atoms with Crippen molar-refractivity contribution < 1.29 is 14.6 Å². The number of rotatable bonds is 8. The Morgan fingerprint density at radius 1 is 1.33 bits per heavy atom. The van der Waals surface area contributed by atoms with E-state index in [1.54, 1.807) is 0 Å². The second-order valence-corrected chi connectivity index (χ2v) is 8.29. The van der Waals surface area contributed by atoms with Gasteiger partial charge in [-0.2, -0.15) is 0 Å². The topological polar surface area (TPSA) is 49.8 Å². The van der Waals surface area contributed by atoms with Crippen LogP contribution in [0.1, 0.15) is 44.6 Å². The van der Waals surface area contributed by atoms with Crippen LogP contribution in [0.15, 0.2) is 43.0 Å². The number of esters is 1. The molecule has 2 fully saturated rings. The Morgan fingerprint density at radius 2 is 2.11 bits per heavy atom. The minimum Gasteiger partial charge on any atom is -0.465 e. The molecule has 0 spiro atoms. The molecule has 3 rings (SSSR count). The van der Waals surface area contributed by atoms with Crippen LogP contribution in [-0.4, -0.2) is 48.3 Å². The summed E-state index contributed by atoms with van der Waals surface area (Å²) in [6.45, 7) is 8.47. The molecule has 27 heavy (non-hydrogen) atoms. The van der Waals surface area contributed by atoms with E-state index in [-0.39, 0.29) is 11.4 Å². The Hall–Kier alpha value is -1.65. The van der Waals surface area contributed by atoms with Gasteiger partial charge in [0.25, 0.3) is 0 Å². The number of hydrogen-bond donors (Lipinski definition) is 1. The molecular weight excluding hydrogens is 338 g/mol. The molecule has 1 N–H and O–H groups in total. The second-order valence-electron chi connectivity index (χ2n) is 8.29. The van der Waals surface area contributed by atoms with E-state index in [9.17, 15) is 9.90 Å². The number of likely N-dealkylation sites (tertiary alicyclic amines) is 1. The highest BCUT2D eigenvalue weighted by Crippen LogP contribution is 2.53. The normalized spacial score (nSPS) is 30.7. The van der Waals surface area contributed by atoms with Crippen LogP contribution in [0.25, 0.3) is 0 Å². The number of benzene rings is 1. The Labute approximate surface area is 163 Å². The Balaban J connectivity index is 1.75. The fourth-order valence-corrected chi connectivity index (χ4v) is 5.28. The SMILES string of the molecule is C=CC[C@@]12CCC[C@@](C(=O)OCC)(CN(CCCc3ccccc3)C1)[C@@H]2O. The van der Waals surface area contributed by atoms with E-state index in [2.05, 4.69) is 35.7 Å². The first-order valence-electron chi connectivity index (χ1n) is 10.3. The van der Waals surface area contributed by atoms with Crippen LogP contribution in [0, 0.1) is 10.8 Å². The summed E-state index contributed by atoms with van der Waals surface area (Å²) >= 11 is 0. The second kappa shape index (κ2) is 8.57. The molecule has 0 amide bonds. The summed E-state index contributed by atoms with van der Waals surface area (Å²) in [6, 6.07) is 10.5. The van der Waals surface area contributed by atoms with Crippen LogP contribution >= 0.6 is 0 Å². The standard InChI is InChI=1S/C23H33NO3/c1-3-13-22-14-9-15-23(20(22)25,21(26)27-4-2)18-24(17-22)16-8-12-19-10-6-5-7-11-19/h3,5-7,10-11,20,25H,1,4,8-9,12-18H2,2H3/t20-,22-,23-/m1/s1. The van der Waals surface area contributed by atoms with Gasteiger partial charge in [-0.15, -0.1) is 6.58 Å². The fraction of sp³-hybridized carbons (Fsp3) is 0.609. The molecule has 1 heterocycles. The zero-order valence-electron chi connectivity index (χ0n) is 16.5. The highest BCUT2D eigenvalue weighted by atomic mass is 16.5. The number of aryl methyl sites for hydroxylation is 1. The van der Waals surface area contributed by atoms with Gasteiger partial charge in [0, 0.05) is 18.5 Å². The number of nitrogens with zero attached hydrogens (tertiary/aromatic N) is 1. The lowest BCUT2D eigenvalue weighted by atomic mass is 9.55. The van der Waals surface area contributed by atoms with Gasteiger partial charge in [0.1, 0.15) is 5.41 Å². The summed E-state index contributed by atoms with van der Waals surface area (Å²) in [5.41, 5.74) is 0.274.